The van der Waals surface area contributed by atoms with Crippen molar-refractivity contribution in [3.63, 3.8) is 0 Å². The molecule has 0 radical (unpaired) electrons. The predicted octanol–water partition coefficient (Wildman–Crippen LogP) is 15.1. The van der Waals surface area contributed by atoms with Crippen molar-refractivity contribution in [1.29, 1.82) is 0 Å². The Bertz CT molecular complexity index is 3070. The first-order chi connectivity index (χ1) is 30.2. The van der Waals surface area contributed by atoms with Gasteiger partial charge in [0, 0.05) is 44.4 Å². The predicted molar refractivity (Wildman–Crippen MR) is 250 cm³/mol. The van der Waals surface area contributed by atoms with Gasteiger partial charge in [0.15, 0.2) is 0 Å². The number of anilines is 3. The van der Waals surface area contributed by atoms with Crippen LogP contribution in [0, 0.1) is 35.5 Å². The molecule has 3 unspecified atom stereocenters. The second-order valence-corrected chi connectivity index (χ2v) is 20.5. The molecule has 61 heavy (non-hydrogen) atoms. The molecule has 2 heteroatoms. The van der Waals surface area contributed by atoms with E-state index in [1.165, 1.54) is 125 Å². The van der Waals surface area contributed by atoms with Crippen LogP contribution in [0.25, 0.3) is 49.7 Å². The van der Waals surface area contributed by atoms with Crippen LogP contribution in [0.1, 0.15) is 80.0 Å². The van der Waals surface area contributed by atoms with E-state index in [-0.39, 0.29) is 10.8 Å². The zero-order chi connectivity index (χ0) is 39.6. The smallest absolute Gasteiger partial charge is 0.0541 e. The lowest BCUT2D eigenvalue weighted by molar-refractivity contribution is -0.0399. The summed E-state index contributed by atoms with van der Waals surface area (Å²) in [6.07, 6.45) is 12.5. The van der Waals surface area contributed by atoms with Crippen molar-refractivity contribution in [2.45, 2.75) is 68.6 Å². The summed E-state index contributed by atoms with van der Waals surface area (Å²) in [6.45, 7) is 0. The molecular formula is C59H50N2. The number of aromatic nitrogens is 1. The Kier molecular flexibility index (Phi) is 6.62. The maximum Gasteiger partial charge on any atom is 0.0541 e. The third kappa shape index (κ3) is 4.25. The Labute approximate surface area is 358 Å². The van der Waals surface area contributed by atoms with Crippen molar-refractivity contribution in [3.8, 4) is 27.9 Å². The van der Waals surface area contributed by atoms with Crippen LogP contribution >= 0.6 is 0 Å². The lowest BCUT2D eigenvalue weighted by Crippen LogP contribution is -2.55. The normalized spacial score (nSPS) is 29.2. The highest BCUT2D eigenvalue weighted by Crippen LogP contribution is 2.70. The molecule has 6 saturated carbocycles. The zero-order valence-corrected chi connectivity index (χ0v) is 34.7. The molecule has 1 heterocycles. The summed E-state index contributed by atoms with van der Waals surface area (Å²) >= 11 is 0. The first-order valence-corrected chi connectivity index (χ1v) is 23.5. The molecule has 1 aromatic heterocycles. The van der Waals surface area contributed by atoms with Gasteiger partial charge in [0.05, 0.1) is 11.0 Å². The number of fused-ring (bicyclic) bond motifs is 14. The molecule has 0 N–H and O–H groups in total. The summed E-state index contributed by atoms with van der Waals surface area (Å²) in [7, 11) is 0. The summed E-state index contributed by atoms with van der Waals surface area (Å²) in [4.78, 5) is 2.61. The summed E-state index contributed by atoms with van der Waals surface area (Å²) in [5.41, 5.74) is 20.0. The molecule has 8 aliphatic carbocycles. The number of benzene rings is 7. The minimum atomic E-state index is 0.118. The number of para-hydroxylation sites is 2. The lowest BCUT2D eigenvalue weighted by Gasteiger charge is -2.61. The topological polar surface area (TPSA) is 8.17 Å². The van der Waals surface area contributed by atoms with Crippen LogP contribution in [0.15, 0.2) is 158 Å². The summed E-state index contributed by atoms with van der Waals surface area (Å²) in [6, 6.07) is 61.5. The molecule has 2 spiro atoms. The Balaban J connectivity index is 0.932. The van der Waals surface area contributed by atoms with E-state index in [0.717, 1.165) is 35.5 Å². The van der Waals surface area contributed by atoms with Gasteiger partial charge in [-0.1, -0.05) is 103 Å². The summed E-state index contributed by atoms with van der Waals surface area (Å²) < 4.78 is 2.45. The number of rotatable bonds is 4. The van der Waals surface area contributed by atoms with E-state index in [1.807, 2.05) is 0 Å². The molecule has 6 fully saturated rings. The molecule has 0 aliphatic heterocycles. The van der Waals surface area contributed by atoms with Gasteiger partial charge in [0.2, 0.25) is 0 Å². The van der Waals surface area contributed by atoms with Gasteiger partial charge < -0.3 is 9.47 Å². The van der Waals surface area contributed by atoms with Gasteiger partial charge in [-0.2, -0.15) is 0 Å². The third-order valence-electron chi connectivity index (χ3n) is 18.0. The fourth-order valence-corrected chi connectivity index (χ4v) is 16.2. The quantitative estimate of drug-likeness (QED) is 0.172. The van der Waals surface area contributed by atoms with Crippen LogP contribution in [-0.4, -0.2) is 4.57 Å². The molecular weight excluding hydrogens is 737 g/mol. The average molecular weight is 787 g/mol. The highest BCUT2D eigenvalue weighted by Gasteiger charge is 2.62. The van der Waals surface area contributed by atoms with Crippen molar-refractivity contribution in [2.75, 3.05) is 4.90 Å². The Morgan fingerprint density at radius 2 is 0.967 bits per heavy atom. The molecule has 2 nitrogen and oxygen atoms in total. The number of nitrogens with zero attached hydrogens (tertiary/aromatic N) is 2. The number of hydrogen-bond donors (Lipinski definition) is 0. The Hall–Kier alpha value is -5.86. The Morgan fingerprint density at radius 3 is 1.66 bits per heavy atom. The molecule has 8 aromatic rings. The van der Waals surface area contributed by atoms with Crippen LogP contribution < -0.4 is 4.90 Å². The monoisotopic (exact) mass is 786 g/mol. The number of hydrogen-bond acceptors (Lipinski definition) is 1. The molecule has 3 atom stereocenters. The van der Waals surface area contributed by atoms with E-state index >= 15 is 0 Å². The molecule has 296 valence electrons. The second kappa shape index (κ2) is 11.9. The Morgan fingerprint density at radius 1 is 0.410 bits per heavy atom. The molecule has 6 bridgehead atoms. The van der Waals surface area contributed by atoms with E-state index in [9.17, 15) is 0 Å². The third-order valence-corrected chi connectivity index (χ3v) is 18.0. The van der Waals surface area contributed by atoms with Gasteiger partial charge in [0.1, 0.15) is 0 Å². The fourth-order valence-electron chi connectivity index (χ4n) is 16.2. The van der Waals surface area contributed by atoms with Crippen LogP contribution in [-0.2, 0) is 10.8 Å². The van der Waals surface area contributed by atoms with Crippen molar-refractivity contribution in [2.24, 2.45) is 35.5 Å². The van der Waals surface area contributed by atoms with E-state index in [4.69, 9.17) is 0 Å². The van der Waals surface area contributed by atoms with E-state index < -0.39 is 0 Å². The molecule has 16 rings (SSSR count). The zero-order valence-electron chi connectivity index (χ0n) is 34.7. The lowest BCUT2D eigenvalue weighted by atomic mass is 9.43. The van der Waals surface area contributed by atoms with Gasteiger partial charge >= 0.3 is 0 Å². The van der Waals surface area contributed by atoms with Gasteiger partial charge in [-0.15, -0.1) is 0 Å². The highest BCUT2D eigenvalue weighted by molar-refractivity contribution is 6.09. The minimum Gasteiger partial charge on any atom is -0.310 e. The second-order valence-electron chi connectivity index (χ2n) is 20.5. The SMILES string of the molecule is c1ccc2c(c1)-c1cc(N(c3ccc(-n4c5ccccc5c5ccccc54)cc3)c3ccc4c(c3)C3(c5ccccc5-4)C4CC5CC(C4)CC3C5)ccc1C21CC2CCC1C2. The standard InChI is InChI=1S/C59H50N2/c1-5-13-52-47(10-1)51-33-44(24-26-53(51)58(52)35-36-17-18-39(58)28-36)60(42-19-21-43(22-20-42)61-56-15-7-3-11-49(56)50-12-4-8-16-57(50)61)45-23-25-48-46-9-2-6-14-54(46)59(55(48)34-45)40-29-37-27-38(31-40)32-41(59)30-37/h1-16,19-26,33-34,36-41H,17-18,27-32,35H2. The molecule has 8 aliphatic rings. The van der Waals surface area contributed by atoms with Crippen molar-refractivity contribution < 1.29 is 0 Å². The van der Waals surface area contributed by atoms with Gasteiger partial charge in [-0.3, -0.25) is 0 Å². The average Bonchev–Trinajstić information content (AvgIpc) is 4.12. The van der Waals surface area contributed by atoms with Crippen molar-refractivity contribution in [3.05, 3.63) is 180 Å². The first kappa shape index (κ1) is 33.8. The van der Waals surface area contributed by atoms with Crippen LogP contribution in [0.5, 0.6) is 0 Å². The van der Waals surface area contributed by atoms with E-state index in [2.05, 4.69) is 167 Å². The van der Waals surface area contributed by atoms with Crippen LogP contribution in [0.4, 0.5) is 17.1 Å². The maximum absolute atomic E-state index is 2.68. The fraction of sp³-hybridized carbons (Fsp3) is 0.288. The van der Waals surface area contributed by atoms with Gasteiger partial charge in [-0.05, 0) is 192 Å². The first-order valence-electron chi connectivity index (χ1n) is 23.5. The molecule has 7 aromatic carbocycles. The summed E-state index contributed by atoms with van der Waals surface area (Å²) in [5, 5.41) is 2.60. The van der Waals surface area contributed by atoms with Crippen LogP contribution in [0.3, 0.4) is 0 Å². The minimum absolute atomic E-state index is 0.118. The maximum atomic E-state index is 2.68. The van der Waals surface area contributed by atoms with Gasteiger partial charge in [-0.25, -0.2) is 0 Å². The van der Waals surface area contributed by atoms with E-state index in [0.29, 0.717) is 0 Å². The van der Waals surface area contributed by atoms with Gasteiger partial charge in [0.25, 0.3) is 0 Å². The van der Waals surface area contributed by atoms with Crippen molar-refractivity contribution >= 4 is 38.9 Å². The molecule has 0 saturated heterocycles. The van der Waals surface area contributed by atoms with E-state index in [1.54, 1.807) is 22.3 Å². The summed E-state index contributed by atoms with van der Waals surface area (Å²) in [5.74, 6) is 4.92. The largest absolute Gasteiger partial charge is 0.310 e. The highest BCUT2D eigenvalue weighted by atomic mass is 15.1. The van der Waals surface area contributed by atoms with Crippen molar-refractivity contribution in [1.82, 2.24) is 4.57 Å². The van der Waals surface area contributed by atoms with Crippen LogP contribution in [0.2, 0.25) is 0 Å². The molecule has 0 amide bonds.